The third kappa shape index (κ3) is 3.99. The highest BCUT2D eigenvalue weighted by atomic mass is 19.1. The second-order valence-electron chi connectivity index (χ2n) is 6.83. The average Bonchev–Trinajstić information content (AvgIpc) is 3.32. The van der Waals surface area contributed by atoms with Gasteiger partial charge in [-0.05, 0) is 32.0 Å². The molecule has 0 aliphatic heterocycles. The first-order chi connectivity index (χ1) is 14.0. The van der Waals surface area contributed by atoms with Crippen LogP contribution in [0.3, 0.4) is 0 Å². The van der Waals surface area contributed by atoms with Gasteiger partial charge in [0.25, 0.3) is 0 Å². The quantitative estimate of drug-likeness (QED) is 0.495. The van der Waals surface area contributed by atoms with Crippen LogP contribution >= 0.6 is 0 Å². The largest absolute Gasteiger partial charge is 0.459 e. The van der Waals surface area contributed by atoms with E-state index in [0.717, 1.165) is 11.1 Å². The molecule has 0 aliphatic rings. The molecule has 148 valence electrons. The van der Waals surface area contributed by atoms with Gasteiger partial charge in [-0.15, -0.1) is 0 Å². The Labute approximate surface area is 166 Å². The van der Waals surface area contributed by atoms with E-state index in [9.17, 15) is 9.18 Å². The van der Waals surface area contributed by atoms with Gasteiger partial charge in [0.1, 0.15) is 22.9 Å². The van der Waals surface area contributed by atoms with Crippen molar-refractivity contribution in [1.29, 1.82) is 0 Å². The molecule has 29 heavy (non-hydrogen) atoms. The second kappa shape index (κ2) is 7.79. The summed E-state index contributed by atoms with van der Waals surface area (Å²) < 4.78 is 24.6. The van der Waals surface area contributed by atoms with Gasteiger partial charge in [-0.2, -0.15) is 0 Å². The lowest BCUT2D eigenvalue weighted by Crippen LogP contribution is -2.36. The fourth-order valence-electron chi connectivity index (χ4n) is 3.24. The van der Waals surface area contributed by atoms with Crippen LogP contribution < -0.4 is 10.6 Å². The number of benzene rings is 2. The summed E-state index contributed by atoms with van der Waals surface area (Å²) in [4.78, 5) is 12.3. The van der Waals surface area contributed by atoms with Gasteiger partial charge in [0, 0.05) is 22.6 Å². The molecule has 2 aromatic carbocycles. The Morgan fingerprint density at radius 3 is 2.76 bits per heavy atom. The number of urea groups is 1. The molecular weight excluding hydrogens is 373 g/mol. The summed E-state index contributed by atoms with van der Waals surface area (Å²) in [5, 5.41) is 10.3. The van der Waals surface area contributed by atoms with Gasteiger partial charge in [0.05, 0.1) is 12.6 Å². The monoisotopic (exact) mass is 393 g/mol. The molecule has 0 fully saturated rings. The number of halogens is 1. The first-order valence-corrected chi connectivity index (χ1v) is 9.25. The van der Waals surface area contributed by atoms with Crippen LogP contribution in [0, 0.1) is 12.7 Å². The van der Waals surface area contributed by atoms with E-state index in [1.165, 1.54) is 12.1 Å². The number of carbonyl (C=O) groups is 1. The first-order valence-electron chi connectivity index (χ1n) is 9.25. The molecule has 0 bridgehead atoms. The number of aryl methyl sites for hydroxylation is 1. The Hall–Kier alpha value is -3.61. The minimum atomic E-state index is -0.386. The fraction of sp³-hybridized carbons (Fsp3) is 0.182. The molecular formula is C22H20FN3O3. The minimum absolute atomic E-state index is 0.221. The molecule has 1 unspecified atom stereocenters. The van der Waals surface area contributed by atoms with Gasteiger partial charge in [-0.1, -0.05) is 35.5 Å². The van der Waals surface area contributed by atoms with Crippen LogP contribution in [0.4, 0.5) is 9.18 Å². The van der Waals surface area contributed by atoms with E-state index in [-0.39, 0.29) is 24.4 Å². The van der Waals surface area contributed by atoms with Crippen molar-refractivity contribution in [1.82, 2.24) is 15.8 Å². The number of rotatable bonds is 5. The van der Waals surface area contributed by atoms with Gasteiger partial charge in [-0.25, -0.2) is 9.18 Å². The molecule has 7 heteroatoms. The second-order valence-corrected chi connectivity index (χ2v) is 6.83. The highest BCUT2D eigenvalue weighted by Gasteiger charge is 2.19. The molecule has 4 aromatic rings. The maximum Gasteiger partial charge on any atom is 0.315 e. The van der Waals surface area contributed by atoms with Crippen LogP contribution in [0.2, 0.25) is 0 Å². The van der Waals surface area contributed by atoms with Crippen LogP contribution in [0.1, 0.15) is 30.0 Å². The van der Waals surface area contributed by atoms with Crippen LogP contribution in [0.15, 0.2) is 63.5 Å². The number of hydrogen-bond acceptors (Lipinski definition) is 4. The normalized spacial score (nSPS) is 12.1. The number of fused-ring (bicyclic) bond motifs is 1. The number of aromatic nitrogens is 1. The predicted octanol–water partition coefficient (Wildman–Crippen LogP) is 5.10. The molecule has 0 saturated heterocycles. The Kier molecular flexibility index (Phi) is 5.03. The van der Waals surface area contributed by atoms with Crippen LogP contribution in [0.5, 0.6) is 0 Å². The van der Waals surface area contributed by atoms with E-state index in [2.05, 4.69) is 15.8 Å². The van der Waals surface area contributed by atoms with Crippen molar-refractivity contribution in [3.05, 3.63) is 77.4 Å². The standard InChI is InChI=1S/C22H20FN3O3/c1-13-18-10-16(23)8-9-19(18)28-21(13)14(2)25-22(27)24-12-17-11-20(29-26-17)15-6-4-3-5-7-15/h3-11,14H,12H2,1-2H3,(H2,24,25,27). The topological polar surface area (TPSA) is 80.3 Å². The summed E-state index contributed by atoms with van der Waals surface area (Å²) in [7, 11) is 0. The van der Waals surface area contributed by atoms with Crippen LogP contribution in [-0.4, -0.2) is 11.2 Å². The summed E-state index contributed by atoms with van der Waals surface area (Å²) >= 11 is 0. The summed E-state index contributed by atoms with van der Waals surface area (Å²) in [6.45, 7) is 3.88. The third-order valence-electron chi connectivity index (χ3n) is 4.72. The molecule has 0 spiro atoms. The predicted molar refractivity (Wildman–Crippen MR) is 107 cm³/mol. The van der Waals surface area contributed by atoms with E-state index in [0.29, 0.717) is 28.2 Å². The van der Waals surface area contributed by atoms with E-state index in [4.69, 9.17) is 8.94 Å². The molecule has 1 atom stereocenters. The van der Waals surface area contributed by atoms with Crippen molar-refractivity contribution in [2.75, 3.05) is 0 Å². The number of amides is 2. The van der Waals surface area contributed by atoms with Gasteiger partial charge < -0.3 is 19.6 Å². The van der Waals surface area contributed by atoms with Gasteiger partial charge in [0.15, 0.2) is 5.76 Å². The molecule has 2 aromatic heterocycles. The zero-order valence-corrected chi connectivity index (χ0v) is 16.0. The van der Waals surface area contributed by atoms with E-state index in [1.807, 2.05) is 44.2 Å². The first kappa shape index (κ1) is 18.7. The Morgan fingerprint density at radius 2 is 1.97 bits per heavy atom. The van der Waals surface area contributed by atoms with Gasteiger partial charge >= 0.3 is 6.03 Å². The van der Waals surface area contributed by atoms with Gasteiger partial charge in [-0.3, -0.25) is 0 Å². The average molecular weight is 393 g/mol. The van der Waals surface area contributed by atoms with Crippen molar-refractivity contribution in [2.45, 2.75) is 26.4 Å². The fourth-order valence-corrected chi connectivity index (χ4v) is 3.24. The lowest BCUT2D eigenvalue weighted by Gasteiger charge is -2.13. The van der Waals surface area contributed by atoms with E-state index >= 15 is 0 Å². The summed E-state index contributed by atoms with van der Waals surface area (Å²) in [5.41, 5.74) is 2.92. The Bertz CT molecular complexity index is 1150. The minimum Gasteiger partial charge on any atom is -0.459 e. The van der Waals surface area contributed by atoms with Crippen molar-refractivity contribution in [3.8, 4) is 11.3 Å². The Morgan fingerprint density at radius 1 is 1.17 bits per heavy atom. The molecule has 4 rings (SSSR count). The molecule has 2 heterocycles. The highest BCUT2D eigenvalue weighted by Crippen LogP contribution is 2.29. The lowest BCUT2D eigenvalue weighted by molar-refractivity contribution is 0.235. The maximum atomic E-state index is 13.5. The maximum absolute atomic E-state index is 13.5. The zero-order valence-electron chi connectivity index (χ0n) is 16.0. The van der Waals surface area contributed by atoms with Crippen molar-refractivity contribution < 1.29 is 18.1 Å². The van der Waals surface area contributed by atoms with Gasteiger partial charge in [0.2, 0.25) is 0 Å². The Balaban J connectivity index is 1.38. The molecule has 2 amide bonds. The van der Waals surface area contributed by atoms with Crippen molar-refractivity contribution in [3.63, 3.8) is 0 Å². The zero-order chi connectivity index (χ0) is 20.4. The van der Waals surface area contributed by atoms with E-state index in [1.54, 1.807) is 12.1 Å². The van der Waals surface area contributed by atoms with Crippen LogP contribution in [0.25, 0.3) is 22.3 Å². The molecule has 2 N–H and O–H groups in total. The highest BCUT2D eigenvalue weighted by molar-refractivity contribution is 5.82. The summed E-state index contributed by atoms with van der Waals surface area (Å²) in [6, 6.07) is 15.0. The molecule has 0 aliphatic carbocycles. The molecule has 6 nitrogen and oxygen atoms in total. The third-order valence-corrected chi connectivity index (χ3v) is 4.72. The number of nitrogens with zero attached hydrogens (tertiary/aromatic N) is 1. The van der Waals surface area contributed by atoms with Crippen LogP contribution in [-0.2, 0) is 6.54 Å². The summed E-state index contributed by atoms with van der Waals surface area (Å²) in [6.07, 6.45) is 0. The number of furan rings is 1. The number of nitrogens with one attached hydrogen (secondary N) is 2. The SMILES string of the molecule is Cc1c(C(C)NC(=O)NCc2cc(-c3ccccc3)on2)oc2ccc(F)cc12. The molecule has 0 radical (unpaired) electrons. The number of carbonyl (C=O) groups excluding carboxylic acids is 1. The van der Waals surface area contributed by atoms with E-state index < -0.39 is 0 Å². The number of hydrogen-bond donors (Lipinski definition) is 2. The molecule has 0 saturated carbocycles. The van der Waals surface area contributed by atoms with Crippen molar-refractivity contribution >= 4 is 17.0 Å². The van der Waals surface area contributed by atoms with Crippen molar-refractivity contribution in [2.24, 2.45) is 0 Å². The summed E-state index contributed by atoms with van der Waals surface area (Å²) in [5.74, 6) is 0.906. The smallest absolute Gasteiger partial charge is 0.315 e. The lowest BCUT2D eigenvalue weighted by atomic mass is 10.1.